The summed E-state index contributed by atoms with van der Waals surface area (Å²) in [5, 5.41) is 0. The minimum absolute atomic E-state index is 0.0793. The predicted octanol–water partition coefficient (Wildman–Crippen LogP) is 2.30. The third-order valence-corrected chi connectivity index (χ3v) is 3.65. The number of carbonyl (C=O) groups excluding carboxylic acids is 1. The summed E-state index contributed by atoms with van der Waals surface area (Å²) in [7, 11) is 2.84. The first-order chi connectivity index (χ1) is 10.1. The number of rotatable bonds is 5. The van der Waals surface area contributed by atoms with E-state index in [4.69, 9.17) is 4.74 Å². The lowest BCUT2D eigenvalue weighted by Gasteiger charge is -2.17. The SMILES string of the molecule is COC(=O)C1(F)CCN(C/C=C/c2ccccc2OC)C1. The average molecular weight is 293 g/mol. The van der Waals surface area contributed by atoms with Gasteiger partial charge in [0.2, 0.25) is 5.67 Å². The summed E-state index contributed by atoms with van der Waals surface area (Å²) >= 11 is 0. The van der Waals surface area contributed by atoms with Crippen LogP contribution < -0.4 is 4.74 Å². The zero-order chi connectivity index (χ0) is 15.3. The van der Waals surface area contributed by atoms with Gasteiger partial charge in [-0.25, -0.2) is 9.18 Å². The Bertz CT molecular complexity index is 532. The largest absolute Gasteiger partial charge is 0.496 e. The van der Waals surface area contributed by atoms with Crippen molar-refractivity contribution >= 4 is 12.0 Å². The number of hydrogen-bond acceptors (Lipinski definition) is 4. The molecule has 2 rings (SSSR count). The fourth-order valence-electron chi connectivity index (χ4n) is 2.49. The minimum Gasteiger partial charge on any atom is -0.496 e. The lowest BCUT2D eigenvalue weighted by atomic mass is 10.1. The van der Waals surface area contributed by atoms with Crippen molar-refractivity contribution in [1.82, 2.24) is 4.90 Å². The molecule has 0 N–H and O–H groups in total. The highest BCUT2D eigenvalue weighted by molar-refractivity contribution is 5.80. The Hall–Kier alpha value is -1.88. The first kappa shape index (κ1) is 15.5. The van der Waals surface area contributed by atoms with Gasteiger partial charge >= 0.3 is 5.97 Å². The summed E-state index contributed by atoms with van der Waals surface area (Å²) in [6.45, 7) is 1.21. The molecule has 1 aliphatic rings. The summed E-state index contributed by atoms with van der Waals surface area (Å²) < 4.78 is 24.0. The van der Waals surface area contributed by atoms with Gasteiger partial charge in [0, 0.05) is 31.6 Å². The van der Waals surface area contributed by atoms with Crippen LogP contribution in [0.3, 0.4) is 0 Å². The number of esters is 1. The van der Waals surface area contributed by atoms with Gasteiger partial charge in [0.1, 0.15) is 5.75 Å². The lowest BCUT2D eigenvalue weighted by Crippen LogP contribution is -2.38. The number of likely N-dealkylation sites (tertiary alicyclic amines) is 1. The molecule has 1 fully saturated rings. The first-order valence-corrected chi connectivity index (χ1v) is 6.88. The molecule has 1 atom stereocenters. The molecule has 1 aromatic carbocycles. The van der Waals surface area contributed by atoms with Crippen molar-refractivity contribution in [3.63, 3.8) is 0 Å². The zero-order valence-corrected chi connectivity index (χ0v) is 12.3. The van der Waals surface area contributed by atoms with Crippen LogP contribution in [0.15, 0.2) is 30.3 Å². The Balaban J connectivity index is 1.92. The van der Waals surface area contributed by atoms with Crippen LogP contribution in [0.4, 0.5) is 4.39 Å². The van der Waals surface area contributed by atoms with Crippen LogP contribution >= 0.6 is 0 Å². The van der Waals surface area contributed by atoms with E-state index in [0.717, 1.165) is 11.3 Å². The van der Waals surface area contributed by atoms with Crippen molar-refractivity contribution in [3.8, 4) is 5.75 Å². The predicted molar refractivity (Wildman–Crippen MR) is 78.9 cm³/mol. The van der Waals surface area contributed by atoms with E-state index in [-0.39, 0.29) is 13.0 Å². The van der Waals surface area contributed by atoms with Crippen LogP contribution in [0, 0.1) is 0 Å². The molecule has 0 spiro atoms. The van der Waals surface area contributed by atoms with Crippen molar-refractivity contribution in [1.29, 1.82) is 0 Å². The quantitative estimate of drug-likeness (QED) is 0.781. The Labute approximate surface area is 124 Å². The molecule has 0 aliphatic carbocycles. The molecular weight excluding hydrogens is 273 g/mol. The smallest absolute Gasteiger partial charge is 0.345 e. The molecule has 1 aliphatic heterocycles. The summed E-state index contributed by atoms with van der Waals surface area (Å²) in [6.07, 6.45) is 4.07. The van der Waals surface area contributed by atoms with Gasteiger partial charge in [0.05, 0.1) is 14.2 Å². The third-order valence-electron chi connectivity index (χ3n) is 3.65. The van der Waals surface area contributed by atoms with Gasteiger partial charge in [0.15, 0.2) is 0 Å². The van der Waals surface area contributed by atoms with E-state index in [9.17, 15) is 9.18 Å². The number of halogens is 1. The van der Waals surface area contributed by atoms with Crippen LogP contribution in [0.25, 0.3) is 6.08 Å². The Morgan fingerprint density at radius 3 is 2.90 bits per heavy atom. The first-order valence-electron chi connectivity index (χ1n) is 6.88. The average Bonchev–Trinajstić information content (AvgIpc) is 2.89. The van der Waals surface area contributed by atoms with Gasteiger partial charge in [-0.3, -0.25) is 4.90 Å². The number of nitrogens with zero attached hydrogens (tertiary/aromatic N) is 1. The number of alkyl halides is 1. The number of para-hydroxylation sites is 1. The molecule has 114 valence electrons. The van der Waals surface area contributed by atoms with Crippen LogP contribution in [-0.2, 0) is 9.53 Å². The number of hydrogen-bond donors (Lipinski definition) is 0. The maximum Gasteiger partial charge on any atom is 0.345 e. The van der Waals surface area contributed by atoms with E-state index in [2.05, 4.69) is 4.74 Å². The van der Waals surface area contributed by atoms with Crippen molar-refractivity contribution < 1.29 is 18.7 Å². The third kappa shape index (κ3) is 3.61. The minimum atomic E-state index is -1.87. The van der Waals surface area contributed by atoms with Gasteiger partial charge in [-0.1, -0.05) is 30.4 Å². The number of ether oxygens (including phenoxy) is 2. The maximum absolute atomic E-state index is 14.3. The van der Waals surface area contributed by atoms with E-state index >= 15 is 0 Å². The van der Waals surface area contributed by atoms with E-state index in [0.29, 0.717) is 13.1 Å². The fraction of sp³-hybridized carbons (Fsp3) is 0.438. The Morgan fingerprint density at radius 1 is 1.43 bits per heavy atom. The van der Waals surface area contributed by atoms with Crippen LogP contribution in [0.2, 0.25) is 0 Å². The molecule has 5 heteroatoms. The van der Waals surface area contributed by atoms with Gasteiger partial charge in [-0.2, -0.15) is 0 Å². The van der Waals surface area contributed by atoms with Crippen LogP contribution in [0.5, 0.6) is 5.75 Å². The second-order valence-corrected chi connectivity index (χ2v) is 5.09. The fourth-order valence-corrected chi connectivity index (χ4v) is 2.49. The summed E-state index contributed by atoms with van der Waals surface area (Å²) in [4.78, 5) is 13.3. The molecule has 0 radical (unpaired) electrons. The zero-order valence-electron chi connectivity index (χ0n) is 12.3. The second-order valence-electron chi connectivity index (χ2n) is 5.09. The molecule has 1 saturated heterocycles. The van der Waals surface area contributed by atoms with E-state index in [1.807, 2.05) is 41.3 Å². The molecule has 0 amide bonds. The van der Waals surface area contributed by atoms with Crippen LogP contribution in [0.1, 0.15) is 12.0 Å². The number of benzene rings is 1. The standard InChI is InChI=1S/C16H20FNO3/c1-20-14-8-4-3-6-13(14)7-5-10-18-11-9-16(17,12-18)15(19)21-2/h3-8H,9-12H2,1-2H3/b7-5+. The maximum atomic E-state index is 14.3. The summed E-state index contributed by atoms with van der Waals surface area (Å²) in [5.74, 6) is 0.0169. The monoisotopic (exact) mass is 293 g/mol. The van der Waals surface area contributed by atoms with E-state index < -0.39 is 11.6 Å². The van der Waals surface area contributed by atoms with Crippen molar-refractivity contribution in [2.24, 2.45) is 0 Å². The highest BCUT2D eigenvalue weighted by Gasteiger charge is 2.45. The van der Waals surface area contributed by atoms with Gasteiger partial charge < -0.3 is 9.47 Å². The lowest BCUT2D eigenvalue weighted by molar-refractivity contribution is -0.153. The molecule has 0 saturated carbocycles. The molecule has 1 heterocycles. The summed E-state index contributed by atoms with van der Waals surface area (Å²) in [5.41, 5.74) is -0.897. The highest BCUT2D eigenvalue weighted by Crippen LogP contribution is 2.27. The summed E-state index contributed by atoms with van der Waals surface area (Å²) in [6, 6.07) is 7.68. The number of methoxy groups -OCH3 is 2. The van der Waals surface area contributed by atoms with Crippen molar-refractivity contribution in [2.45, 2.75) is 12.1 Å². The molecule has 21 heavy (non-hydrogen) atoms. The number of carbonyl (C=O) groups is 1. The highest BCUT2D eigenvalue weighted by atomic mass is 19.1. The molecule has 1 aromatic rings. The van der Waals surface area contributed by atoms with Crippen molar-refractivity contribution in [3.05, 3.63) is 35.9 Å². The molecule has 0 aromatic heterocycles. The molecular formula is C16H20FNO3. The van der Waals surface area contributed by atoms with Crippen molar-refractivity contribution in [2.75, 3.05) is 33.9 Å². The molecule has 1 unspecified atom stereocenters. The van der Waals surface area contributed by atoms with E-state index in [1.165, 1.54) is 7.11 Å². The van der Waals surface area contributed by atoms with Gasteiger partial charge in [0.25, 0.3) is 0 Å². The van der Waals surface area contributed by atoms with Gasteiger partial charge in [-0.15, -0.1) is 0 Å². The van der Waals surface area contributed by atoms with Gasteiger partial charge in [-0.05, 0) is 6.07 Å². The van der Waals surface area contributed by atoms with Crippen LogP contribution in [-0.4, -0.2) is 50.4 Å². The second kappa shape index (κ2) is 6.72. The molecule has 0 bridgehead atoms. The normalized spacial score (nSPS) is 22.6. The molecule has 4 nitrogen and oxygen atoms in total. The Kier molecular flexibility index (Phi) is 4.96. The topological polar surface area (TPSA) is 38.8 Å². The Morgan fingerprint density at radius 2 is 2.19 bits per heavy atom. The van der Waals surface area contributed by atoms with E-state index in [1.54, 1.807) is 7.11 Å².